The summed E-state index contributed by atoms with van der Waals surface area (Å²) in [4.78, 5) is 8.23. The Labute approximate surface area is 240 Å². The average Bonchev–Trinajstić information content (AvgIpc) is 2.93. The fraction of sp³-hybridized carbons (Fsp3) is 0.615. The van der Waals surface area contributed by atoms with Gasteiger partial charge in [0.2, 0.25) is 0 Å². The molecule has 250 valence electrons. The van der Waals surface area contributed by atoms with Gasteiger partial charge < -0.3 is 4.74 Å². The maximum Gasteiger partial charge on any atom is 0.460 e. The van der Waals surface area contributed by atoms with Gasteiger partial charge in [-0.05, 0) is 42.7 Å². The van der Waals surface area contributed by atoms with Crippen LogP contribution in [0.25, 0.3) is 11.4 Å². The van der Waals surface area contributed by atoms with Crippen molar-refractivity contribution in [3.05, 3.63) is 42.2 Å². The highest BCUT2D eigenvalue weighted by Gasteiger charge is 2.93. The van der Waals surface area contributed by atoms with E-state index < -0.39 is 54.1 Å². The van der Waals surface area contributed by atoms with Crippen molar-refractivity contribution < 1.29 is 70.6 Å². The molecule has 0 radical (unpaired) electrons. The summed E-state index contributed by atoms with van der Waals surface area (Å²) in [5.74, 6) is -47.6. The molecule has 0 unspecified atom stereocenters. The standard InChI is InChI=1S/C26H25F15N2O/c1-2-3-4-5-6-7-8-16-13-42-19(43-14-16)17-9-11-18(12-10-17)44-15-20(27,28)21(29,30)22(31,32)23(33,34)24(35,36)25(37,38)26(39,40)41/h9-14H,2-8,15H2,1H3. The lowest BCUT2D eigenvalue weighted by Gasteiger charge is -2.41. The van der Waals surface area contributed by atoms with E-state index in [0.29, 0.717) is 6.42 Å². The molecule has 0 fully saturated rings. The first kappa shape index (κ1) is 37.2. The summed E-state index contributed by atoms with van der Waals surface area (Å²) in [5.41, 5.74) is 1.04. The topological polar surface area (TPSA) is 35.0 Å². The summed E-state index contributed by atoms with van der Waals surface area (Å²) < 4.78 is 204. The molecule has 2 rings (SSSR count). The van der Waals surface area contributed by atoms with Crippen LogP contribution in [0, 0.1) is 0 Å². The van der Waals surface area contributed by atoms with Gasteiger partial charge in [-0.25, -0.2) is 9.97 Å². The van der Waals surface area contributed by atoms with Crippen molar-refractivity contribution in [3.63, 3.8) is 0 Å². The number of benzene rings is 1. The van der Waals surface area contributed by atoms with Gasteiger partial charge in [-0.1, -0.05) is 39.0 Å². The highest BCUT2D eigenvalue weighted by atomic mass is 19.4. The predicted molar refractivity (Wildman–Crippen MR) is 126 cm³/mol. The minimum absolute atomic E-state index is 0.110. The van der Waals surface area contributed by atoms with Crippen molar-refractivity contribution in [3.8, 4) is 17.1 Å². The third-order valence-electron chi connectivity index (χ3n) is 6.45. The number of hydrogen-bond acceptors (Lipinski definition) is 3. The van der Waals surface area contributed by atoms with E-state index in [1.165, 1.54) is 12.4 Å². The van der Waals surface area contributed by atoms with Crippen LogP contribution in [0.4, 0.5) is 65.9 Å². The summed E-state index contributed by atoms with van der Waals surface area (Å²) in [5, 5.41) is 0. The van der Waals surface area contributed by atoms with Crippen LogP contribution < -0.4 is 4.74 Å². The zero-order valence-corrected chi connectivity index (χ0v) is 22.6. The third-order valence-corrected chi connectivity index (χ3v) is 6.45. The van der Waals surface area contributed by atoms with Crippen molar-refractivity contribution in [2.24, 2.45) is 0 Å². The number of alkyl halides is 15. The Morgan fingerprint density at radius 3 is 1.52 bits per heavy atom. The number of halogens is 15. The third kappa shape index (κ3) is 7.13. The molecular weight excluding hydrogens is 641 g/mol. The minimum atomic E-state index is -8.34. The van der Waals surface area contributed by atoms with E-state index in [1.807, 2.05) is 0 Å². The van der Waals surface area contributed by atoms with Gasteiger partial charge in [0.25, 0.3) is 0 Å². The molecule has 18 heteroatoms. The lowest BCUT2D eigenvalue weighted by atomic mass is 9.91. The average molecular weight is 666 g/mol. The first-order valence-corrected chi connectivity index (χ1v) is 12.9. The van der Waals surface area contributed by atoms with Crippen molar-refractivity contribution in [1.82, 2.24) is 9.97 Å². The quantitative estimate of drug-likeness (QED) is 0.132. The van der Waals surface area contributed by atoms with Crippen LogP contribution in [0.1, 0.15) is 51.0 Å². The van der Waals surface area contributed by atoms with Gasteiger partial charge in [0.15, 0.2) is 12.4 Å². The van der Waals surface area contributed by atoms with Crippen molar-refractivity contribution >= 4 is 0 Å². The maximum atomic E-state index is 14.0. The number of hydrogen-bond donors (Lipinski definition) is 0. The van der Waals surface area contributed by atoms with Crippen LogP contribution in [0.3, 0.4) is 0 Å². The highest BCUT2D eigenvalue weighted by molar-refractivity contribution is 5.55. The Morgan fingerprint density at radius 1 is 0.568 bits per heavy atom. The molecule has 0 N–H and O–H groups in total. The summed E-state index contributed by atoms with van der Waals surface area (Å²) in [7, 11) is 0. The number of nitrogens with zero attached hydrogens (tertiary/aromatic N) is 2. The molecule has 1 aromatic heterocycles. The molecule has 0 saturated carbocycles. The van der Waals surface area contributed by atoms with E-state index in [1.54, 1.807) is 0 Å². The van der Waals surface area contributed by atoms with Crippen molar-refractivity contribution in [2.75, 3.05) is 6.61 Å². The van der Waals surface area contributed by atoms with Gasteiger partial charge in [0.1, 0.15) is 5.75 Å². The maximum absolute atomic E-state index is 14.0. The van der Waals surface area contributed by atoms with E-state index >= 15 is 0 Å². The number of ether oxygens (including phenoxy) is 1. The molecule has 2 aromatic rings. The molecule has 0 spiro atoms. The van der Waals surface area contributed by atoms with Crippen LogP contribution >= 0.6 is 0 Å². The second kappa shape index (κ2) is 13.2. The minimum Gasteiger partial charge on any atom is -0.487 e. The van der Waals surface area contributed by atoms with E-state index in [-0.39, 0.29) is 11.4 Å². The largest absolute Gasteiger partial charge is 0.487 e. The lowest BCUT2D eigenvalue weighted by Crippen LogP contribution is -2.73. The SMILES string of the molecule is CCCCCCCCc1cnc(-c2ccc(OCC(F)(F)C(F)(F)C(F)(F)C(F)(F)C(F)(F)C(F)(F)C(F)(F)F)cc2)nc1. The molecule has 44 heavy (non-hydrogen) atoms. The van der Waals surface area contributed by atoms with Crippen LogP contribution in [-0.4, -0.2) is 58.3 Å². The van der Waals surface area contributed by atoms with Crippen LogP contribution in [0.15, 0.2) is 36.7 Å². The molecule has 0 atom stereocenters. The van der Waals surface area contributed by atoms with Crippen LogP contribution in [-0.2, 0) is 6.42 Å². The van der Waals surface area contributed by atoms with Gasteiger partial charge >= 0.3 is 41.7 Å². The fourth-order valence-corrected chi connectivity index (χ4v) is 3.71. The second-order valence-corrected chi connectivity index (χ2v) is 9.82. The van der Waals surface area contributed by atoms with E-state index in [0.717, 1.165) is 68.4 Å². The fourth-order valence-electron chi connectivity index (χ4n) is 3.71. The summed E-state index contributed by atoms with van der Waals surface area (Å²) in [6.07, 6.45) is 2.45. The van der Waals surface area contributed by atoms with Crippen LogP contribution in [0.5, 0.6) is 5.75 Å². The van der Waals surface area contributed by atoms with Gasteiger partial charge in [-0.2, -0.15) is 65.9 Å². The first-order chi connectivity index (χ1) is 20.0. The van der Waals surface area contributed by atoms with Crippen LogP contribution in [0.2, 0.25) is 0 Å². The molecule has 0 saturated heterocycles. The monoisotopic (exact) mass is 666 g/mol. The molecule has 0 bridgehead atoms. The number of unbranched alkanes of at least 4 members (excludes halogenated alkanes) is 5. The van der Waals surface area contributed by atoms with Gasteiger partial charge in [0, 0.05) is 18.0 Å². The molecule has 3 nitrogen and oxygen atoms in total. The Morgan fingerprint density at radius 2 is 1.02 bits per heavy atom. The normalized spacial score (nSPS) is 14.2. The number of aromatic nitrogens is 2. The molecule has 1 heterocycles. The molecular formula is C26H25F15N2O. The van der Waals surface area contributed by atoms with Gasteiger partial charge in [-0.3, -0.25) is 0 Å². The smallest absolute Gasteiger partial charge is 0.460 e. The van der Waals surface area contributed by atoms with E-state index in [4.69, 9.17) is 0 Å². The molecule has 0 aliphatic carbocycles. The Bertz CT molecular complexity index is 1200. The predicted octanol–water partition coefficient (Wildman–Crippen LogP) is 9.80. The molecule has 0 amide bonds. The molecule has 0 aliphatic rings. The second-order valence-electron chi connectivity index (χ2n) is 9.82. The number of rotatable bonds is 16. The van der Waals surface area contributed by atoms with E-state index in [2.05, 4.69) is 21.6 Å². The first-order valence-electron chi connectivity index (χ1n) is 12.9. The Hall–Kier alpha value is -2.95. The summed E-state index contributed by atoms with van der Waals surface area (Å²) >= 11 is 0. The lowest BCUT2D eigenvalue weighted by molar-refractivity contribution is -0.453. The summed E-state index contributed by atoms with van der Waals surface area (Å²) in [6.45, 7) is -0.814. The van der Waals surface area contributed by atoms with E-state index in [9.17, 15) is 65.9 Å². The van der Waals surface area contributed by atoms with Crippen molar-refractivity contribution in [1.29, 1.82) is 0 Å². The summed E-state index contributed by atoms with van der Waals surface area (Å²) in [6, 6.07) is 3.80. The number of aryl methyl sites for hydroxylation is 1. The zero-order chi connectivity index (χ0) is 33.8. The van der Waals surface area contributed by atoms with Gasteiger partial charge in [-0.15, -0.1) is 0 Å². The molecule has 0 aliphatic heterocycles. The zero-order valence-electron chi connectivity index (χ0n) is 22.6. The van der Waals surface area contributed by atoms with Gasteiger partial charge in [0.05, 0.1) is 0 Å². The highest BCUT2D eigenvalue weighted by Crippen LogP contribution is 2.62. The Kier molecular flexibility index (Phi) is 11.2. The molecule has 1 aromatic carbocycles. The van der Waals surface area contributed by atoms with Crippen molar-refractivity contribution in [2.45, 2.75) is 93.6 Å². The Balaban J connectivity index is 2.12.